The smallest absolute Gasteiger partial charge is 0.255 e. The molecule has 6 heteroatoms. The Bertz CT molecular complexity index is 543. The van der Waals surface area contributed by atoms with Crippen molar-refractivity contribution in [3.63, 3.8) is 0 Å². The van der Waals surface area contributed by atoms with Crippen molar-refractivity contribution in [1.29, 1.82) is 0 Å². The molecule has 1 saturated carbocycles. The van der Waals surface area contributed by atoms with Crippen molar-refractivity contribution in [2.75, 3.05) is 26.7 Å². The molecule has 0 bridgehead atoms. The first-order valence-corrected chi connectivity index (χ1v) is 8.83. The zero-order chi connectivity index (χ0) is 15.5. The maximum Gasteiger partial charge on any atom is 0.255 e. The summed E-state index contributed by atoms with van der Waals surface area (Å²) >= 11 is 3.47. The minimum atomic E-state index is 0. The van der Waals surface area contributed by atoms with Crippen molar-refractivity contribution in [3.8, 4) is 5.75 Å². The van der Waals surface area contributed by atoms with Crippen molar-refractivity contribution in [1.82, 2.24) is 10.2 Å². The summed E-state index contributed by atoms with van der Waals surface area (Å²) in [5, 5.41) is 3.65. The minimum absolute atomic E-state index is 0. The summed E-state index contributed by atoms with van der Waals surface area (Å²) in [5.41, 5.74) is 0.684. The monoisotopic (exact) mass is 402 g/mol. The Morgan fingerprint density at radius 3 is 2.61 bits per heavy atom. The number of piperidine rings is 1. The predicted molar refractivity (Wildman–Crippen MR) is 97.6 cm³/mol. The molecular weight excluding hydrogens is 380 g/mol. The molecule has 1 saturated heterocycles. The summed E-state index contributed by atoms with van der Waals surface area (Å²) in [5.74, 6) is 1.71. The highest BCUT2D eigenvalue weighted by Crippen LogP contribution is 2.28. The number of hydrogen-bond acceptors (Lipinski definition) is 3. The second-order valence-electron chi connectivity index (χ2n) is 6.26. The van der Waals surface area contributed by atoms with Crippen molar-refractivity contribution in [2.24, 2.45) is 5.92 Å². The Morgan fingerprint density at radius 1 is 1.30 bits per heavy atom. The summed E-state index contributed by atoms with van der Waals surface area (Å²) in [6.45, 7) is 2.80. The van der Waals surface area contributed by atoms with Crippen molar-refractivity contribution in [3.05, 3.63) is 28.2 Å². The molecule has 1 aromatic rings. The number of nitrogens with zero attached hydrogens (tertiary/aromatic N) is 1. The zero-order valence-corrected chi connectivity index (χ0v) is 15.8. The topological polar surface area (TPSA) is 41.6 Å². The average molecular weight is 404 g/mol. The molecule has 2 aliphatic rings. The second-order valence-corrected chi connectivity index (χ2v) is 7.12. The summed E-state index contributed by atoms with van der Waals surface area (Å²) in [4.78, 5) is 14.6. The number of nitrogens with one attached hydrogen (secondary N) is 1. The molecule has 1 amide bonds. The van der Waals surface area contributed by atoms with Crippen LogP contribution in [0.2, 0.25) is 0 Å². The summed E-state index contributed by atoms with van der Waals surface area (Å²) in [7, 11) is 1.62. The van der Waals surface area contributed by atoms with Gasteiger partial charge in [0.15, 0.2) is 0 Å². The number of benzene rings is 1. The van der Waals surface area contributed by atoms with Gasteiger partial charge in [-0.1, -0.05) is 0 Å². The van der Waals surface area contributed by atoms with E-state index in [-0.39, 0.29) is 18.3 Å². The molecule has 0 unspecified atom stereocenters. The highest BCUT2D eigenvalue weighted by molar-refractivity contribution is 9.10. The molecule has 3 rings (SSSR count). The fraction of sp³-hybridized carbons (Fsp3) is 0.588. The molecule has 1 aliphatic heterocycles. The number of hydrogen-bond donors (Lipinski definition) is 1. The van der Waals surface area contributed by atoms with Gasteiger partial charge in [0.2, 0.25) is 0 Å². The third-order valence-electron chi connectivity index (χ3n) is 4.58. The van der Waals surface area contributed by atoms with E-state index in [1.807, 2.05) is 23.1 Å². The molecular formula is C17H24BrClN2O2. The molecule has 1 heterocycles. The molecule has 4 nitrogen and oxygen atoms in total. The molecule has 0 aromatic heterocycles. The van der Waals surface area contributed by atoms with Crippen LogP contribution in [0.4, 0.5) is 0 Å². The second kappa shape index (κ2) is 8.36. The van der Waals surface area contributed by atoms with Gasteiger partial charge in [0.1, 0.15) is 5.75 Å². The van der Waals surface area contributed by atoms with E-state index < -0.39 is 0 Å². The highest BCUT2D eigenvalue weighted by atomic mass is 79.9. The predicted octanol–water partition coefficient (Wildman–Crippen LogP) is 3.48. The van der Waals surface area contributed by atoms with Crippen LogP contribution in [0.5, 0.6) is 5.75 Å². The number of ether oxygens (including phenoxy) is 1. The molecule has 1 N–H and O–H groups in total. The lowest BCUT2D eigenvalue weighted by Gasteiger charge is -2.33. The number of methoxy groups -OCH3 is 1. The van der Waals surface area contributed by atoms with E-state index in [4.69, 9.17) is 4.74 Å². The maximum absolute atomic E-state index is 12.7. The molecule has 0 atom stereocenters. The van der Waals surface area contributed by atoms with Crippen LogP contribution in [0.15, 0.2) is 22.7 Å². The molecule has 1 aromatic carbocycles. The van der Waals surface area contributed by atoms with Gasteiger partial charge in [-0.3, -0.25) is 4.79 Å². The Kier molecular flexibility index (Phi) is 6.74. The van der Waals surface area contributed by atoms with Crippen LogP contribution in [0.25, 0.3) is 0 Å². The molecule has 128 valence electrons. The first kappa shape index (κ1) is 18.6. The van der Waals surface area contributed by atoms with Gasteiger partial charge in [-0.25, -0.2) is 0 Å². The van der Waals surface area contributed by atoms with Crippen LogP contribution < -0.4 is 10.1 Å². The minimum Gasteiger partial charge on any atom is -0.497 e. The standard InChI is InChI=1S/C17H23BrN2O2.ClH/c1-22-14-4-5-16(18)15(10-14)17(21)20-8-6-13(7-9-20)19-11-12-2-3-12;/h4-5,10,12-13,19H,2-3,6-9,11H2,1H3;1H. The van der Waals surface area contributed by atoms with Crippen LogP contribution in [0, 0.1) is 5.92 Å². The number of rotatable bonds is 5. The maximum atomic E-state index is 12.7. The number of halogens is 2. The average Bonchev–Trinajstić information content (AvgIpc) is 3.38. The van der Waals surface area contributed by atoms with Gasteiger partial charge in [0.05, 0.1) is 12.7 Å². The molecule has 0 spiro atoms. The third-order valence-corrected chi connectivity index (χ3v) is 5.27. The van der Waals surface area contributed by atoms with Crippen LogP contribution in [0.1, 0.15) is 36.0 Å². The lowest BCUT2D eigenvalue weighted by Crippen LogP contribution is -2.45. The largest absolute Gasteiger partial charge is 0.497 e. The first-order chi connectivity index (χ1) is 10.7. The van der Waals surface area contributed by atoms with E-state index in [0.717, 1.165) is 42.9 Å². The van der Waals surface area contributed by atoms with E-state index >= 15 is 0 Å². The van der Waals surface area contributed by atoms with Crippen LogP contribution >= 0.6 is 28.3 Å². The Balaban J connectivity index is 0.00000192. The molecule has 2 fully saturated rings. The van der Waals surface area contributed by atoms with Gasteiger partial charge in [-0.2, -0.15) is 0 Å². The lowest BCUT2D eigenvalue weighted by atomic mass is 10.0. The molecule has 0 radical (unpaired) electrons. The van der Waals surface area contributed by atoms with Crippen molar-refractivity contribution >= 4 is 34.2 Å². The van der Waals surface area contributed by atoms with Crippen LogP contribution in [-0.2, 0) is 0 Å². The molecule has 1 aliphatic carbocycles. The van der Waals surface area contributed by atoms with Gasteiger partial charge < -0.3 is 15.0 Å². The lowest BCUT2D eigenvalue weighted by molar-refractivity contribution is 0.0703. The normalized spacial score (nSPS) is 18.4. The summed E-state index contributed by atoms with van der Waals surface area (Å²) in [6, 6.07) is 6.10. The van der Waals surface area contributed by atoms with E-state index in [1.54, 1.807) is 7.11 Å². The Morgan fingerprint density at radius 2 is 2.00 bits per heavy atom. The fourth-order valence-corrected chi connectivity index (χ4v) is 3.32. The van der Waals surface area contributed by atoms with Gasteiger partial charge in [-0.05, 0) is 72.3 Å². The van der Waals surface area contributed by atoms with Crippen molar-refractivity contribution < 1.29 is 9.53 Å². The number of likely N-dealkylation sites (tertiary alicyclic amines) is 1. The first-order valence-electron chi connectivity index (χ1n) is 8.03. The SMILES string of the molecule is COc1ccc(Br)c(C(=O)N2CCC(NCC3CC3)CC2)c1.Cl. The van der Waals surface area contributed by atoms with E-state index in [0.29, 0.717) is 17.4 Å². The van der Waals surface area contributed by atoms with E-state index in [1.165, 1.54) is 12.8 Å². The number of carbonyl (C=O) groups excluding carboxylic acids is 1. The quantitative estimate of drug-likeness (QED) is 0.818. The van der Waals surface area contributed by atoms with Gasteiger partial charge in [0, 0.05) is 23.6 Å². The highest BCUT2D eigenvalue weighted by Gasteiger charge is 2.27. The van der Waals surface area contributed by atoms with Crippen LogP contribution in [0.3, 0.4) is 0 Å². The third kappa shape index (κ3) is 4.85. The van der Waals surface area contributed by atoms with E-state index in [9.17, 15) is 4.79 Å². The van der Waals surface area contributed by atoms with Gasteiger partial charge in [-0.15, -0.1) is 12.4 Å². The fourth-order valence-electron chi connectivity index (χ4n) is 2.91. The Labute approximate surface area is 152 Å². The number of amides is 1. The molecule has 23 heavy (non-hydrogen) atoms. The number of carbonyl (C=O) groups is 1. The van der Waals surface area contributed by atoms with Gasteiger partial charge in [0.25, 0.3) is 5.91 Å². The van der Waals surface area contributed by atoms with Gasteiger partial charge >= 0.3 is 0 Å². The summed E-state index contributed by atoms with van der Waals surface area (Å²) < 4.78 is 6.05. The summed E-state index contributed by atoms with van der Waals surface area (Å²) in [6.07, 6.45) is 4.85. The van der Waals surface area contributed by atoms with E-state index in [2.05, 4.69) is 21.2 Å². The van der Waals surface area contributed by atoms with Crippen LogP contribution in [-0.4, -0.2) is 43.6 Å². The Hall–Kier alpha value is -0.780. The zero-order valence-electron chi connectivity index (χ0n) is 13.4. The van der Waals surface area contributed by atoms with Crippen molar-refractivity contribution in [2.45, 2.75) is 31.7 Å².